The highest BCUT2D eigenvalue weighted by Crippen LogP contribution is 2.43. The van der Waals surface area contributed by atoms with Crippen LogP contribution in [-0.2, 0) is 16.1 Å². The van der Waals surface area contributed by atoms with Crippen molar-refractivity contribution < 1.29 is 23.8 Å². The van der Waals surface area contributed by atoms with Crippen LogP contribution in [0.4, 0.5) is 10.1 Å². The van der Waals surface area contributed by atoms with E-state index in [0.717, 1.165) is 33.3 Å². The number of rotatable bonds is 6. The second kappa shape index (κ2) is 8.43. The Hall–Kier alpha value is -4.13. The molecule has 0 saturated heterocycles. The molecule has 33 heavy (non-hydrogen) atoms. The highest BCUT2D eigenvalue weighted by molar-refractivity contribution is 6.06. The Kier molecular flexibility index (Phi) is 5.30. The molecule has 3 aromatic carbocycles. The summed E-state index contributed by atoms with van der Waals surface area (Å²) in [5, 5.41) is 13.0. The monoisotopic (exact) mass is 444 g/mol. The molecule has 1 amide bonds. The van der Waals surface area contributed by atoms with Crippen LogP contribution in [0.15, 0.2) is 72.9 Å². The molecule has 166 valence electrons. The van der Waals surface area contributed by atoms with Crippen molar-refractivity contribution >= 4 is 28.5 Å². The van der Waals surface area contributed by atoms with Crippen LogP contribution in [0.25, 0.3) is 10.9 Å². The molecule has 0 fully saturated rings. The van der Waals surface area contributed by atoms with E-state index < -0.39 is 12.6 Å². The predicted octanol–water partition coefficient (Wildman–Crippen LogP) is 4.77. The maximum atomic E-state index is 13.8. The normalized spacial score (nSPS) is 15.2. The molecule has 0 bridgehead atoms. The molecule has 7 heteroatoms. The van der Waals surface area contributed by atoms with Gasteiger partial charge in [0.2, 0.25) is 5.91 Å². The van der Waals surface area contributed by atoms with E-state index in [1.807, 2.05) is 47.2 Å². The zero-order valence-electron chi connectivity index (χ0n) is 17.6. The van der Waals surface area contributed by atoms with E-state index in [1.165, 1.54) is 12.1 Å². The predicted molar refractivity (Wildman–Crippen MR) is 122 cm³/mol. The second-order valence-corrected chi connectivity index (χ2v) is 8.07. The van der Waals surface area contributed by atoms with Gasteiger partial charge in [-0.1, -0.05) is 36.4 Å². The van der Waals surface area contributed by atoms with E-state index in [-0.39, 0.29) is 24.1 Å². The van der Waals surface area contributed by atoms with Crippen LogP contribution >= 0.6 is 0 Å². The molecule has 4 aromatic rings. The van der Waals surface area contributed by atoms with Crippen molar-refractivity contribution in [2.45, 2.75) is 18.9 Å². The number of benzene rings is 3. The maximum Gasteiger partial charge on any atom is 0.341 e. The van der Waals surface area contributed by atoms with Crippen LogP contribution in [0.2, 0.25) is 0 Å². The molecule has 5 rings (SSSR count). The van der Waals surface area contributed by atoms with Crippen molar-refractivity contribution in [2.24, 2.45) is 0 Å². The Morgan fingerprint density at radius 2 is 1.91 bits per heavy atom. The summed E-state index contributed by atoms with van der Waals surface area (Å²) >= 11 is 0. The van der Waals surface area contributed by atoms with Gasteiger partial charge in [0.1, 0.15) is 11.6 Å². The minimum absolute atomic E-state index is 0.131. The number of aliphatic carboxylic acids is 1. The van der Waals surface area contributed by atoms with Gasteiger partial charge in [0.15, 0.2) is 6.61 Å². The van der Waals surface area contributed by atoms with Gasteiger partial charge in [-0.15, -0.1) is 0 Å². The number of para-hydroxylation sites is 1. The number of carboxylic acids is 1. The molecule has 0 spiro atoms. The molecule has 0 aliphatic carbocycles. The molecule has 0 saturated carbocycles. The minimum Gasteiger partial charge on any atom is -0.482 e. The number of anilines is 1. The minimum atomic E-state index is -1.07. The smallest absolute Gasteiger partial charge is 0.341 e. The number of nitrogens with one attached hydrogen (secondary N) is 1. The zero-order chi connectivity index (χ0) is 22.9. The van der Waals surface area contributed by atoms with E-state index in [1.54, 1.807) is 18.2 Å². The molecule has 1 aromatic heterocycles. The van der Waals surface area contributed by atoms with Crippen molar-refractivity contribution in [1.82, 2.24) is 4.57 Å². The zero-order valence-corrected chi connectivity index (χ0v) is 17.6. The maximum absolute atomic E-state index is 13.8. The van der Waals surface area contributed by atoms with Crippen molar-refractivity contribution in [3.05, 3.63) is 95.4 Å². The number of halogens is 1. The number of carboxylic acid groups (broad SMARTS) is 1. The van der Waals surface area contributed by atoms with E-state index in [9.17, 15) is 14.0 Å². The number of amides is 1. The SMILES string of the molecule is O=C(O)COc1ccccc1C1CC(=O)Nc2cccc3c2c1cn3Cc1cccc(F)c1. The average molecular weight is 444 g/mol. The Morgan fingerprint density at radius 1 is 1.09 bits per heavy atom. The second-order valence-electron chi connectivity index (χ2n) is 8.07. The van der Waals surface area contributed by atoms with Crippen LogP contribution in [0.5, 0.6) is 5.75 Å². The molecular formula is C26H21FN2O4. The number of carbonyl (C=O) groups is 2. The van der Waals surface area contributed by atoms with Gasteiger partial charge in [-0.05, 0) is 41.5 Å². The molecule has 1 aliphatic heterocycles. The first kappa shape index (κ1) is 20.8. The third-order valence-electron chi connectivity index (χ3n) is 5.86. The Bertz CT molecular complexity index is 1380. The lowest BCUT2D eigenvalue weighted by atomic mass is 9.88. The molecule has 2 heterocycles. The van der Waals surface area contributed by atoms with Gasteiger partial charge in [0.05, 0.1) is 11.2 Å². The van der Waals surface area contributed by atoms with Crippen LogP contribution in [0, 0.1) is 5.82 Å². The quantitative estimate of drug-likeness (QED) is 0.449. The Morgan fingerprint density at radius 3 is 2.73 bits per heavy atom. The number of nitrogens with zero attached hydrogens (tertiary/aromatic N) is 1. The topological polar surface area (TPSA) is 80.6 Å². The van der Waals surface area contributed by atoms with Gasteiger partial charge in [-0.2, -0.15) is 0 Å². The van der Waals surface area contributed by atoms with Gasteiger partial charge >= 0.3 is 5.97 Å². The van der Waals surface area contributed by atoms with E-state index in [4.69, 9.17) is 9.84 Å². The summed E-state index contributed by atoms with van der Waals surface area (Å²) in [6.07, 6.45) is 2.18. The average Bonchev–Trinajstić information content (AvgIpc) is 3.08. The summed E-state index contributed by atoms with van der Waals surface area (Å²) < 4.78 is 21.4. The van der Waals surface area contributed by atoms with Gasteiger partial charge in [0.25, 0.3) is 0 Å². The van der Waals surface area contributed by atoms with Crippen LogP contribution in [0.3, 0.4) is 0 Å². The van der Waals surface area contributed by atoms with Crippen molar-refractivity contribution in [1.29, 1.82) is 0 Å². The summed E-state index contributed by atoms with van der Waals surface area (Å²) in [7, 11) is 0. The molecule has 1 aliphatic rings. The Balaban J connectivity index is 1.65. The fourth-order valence-corrected chi connectivity index (χ4v) is 4.53. The first-order chi connectivity index (χ1) is 16.0. The standard InChI is InChI=1S/C26H21FN2O4/c27-17-6-3-5-16(11-17)13-29-14-20-19(18-7-1-2-10-23(18)33-15-25(31)32)12-24(30)28-21-8-4-9-22(29)26(20)21/h1-11,14,19H,12-13,15H2,(H,28,30)(H,31,32). The molecule has 1 unspecified atom stereocenters. The molecular weight excluding hydrogens is 423 g/mol. The number of aromatic nitrogens is 1. The van der Waals surface area contributed by atoms with Crippen molar-refractivity contribution in [2.75, 3.05) is 11.9 Å². The lowest BCUT2D eigenvalue weighted by Crippen LogP contribution is -2.15. The molecule has 6 nitrogen and oxygen atoms in total. The molecule has 0 radical (unpaired) electrons. The third kappa shape index (κ3) is 4.05. The number of hydrogen-bond acceptors (Lipinski definition) is 3. The fraction of sp³-hybridized carbons (Fsp3) is 0.154. The van der Waals surface area contributed by atoms with Gasteiger partial charge in [-0.25, -0.2) is 9.18 Å². The molecule has 2 N–H and O–H groups in total. The van der Waals surface area contributed by atoms with Crippen LogP contribution in [-0.4, -0.2) is 28.2 Å². The molecule has 1 atom stereocenters. The summed E-state index contributed by atoms with van der Waals surface area (Å²) in [6, 6.07) is 19.4. The highest BCUT2D eigenvalue weighted by Gasteiger charge is 2.29. The lowest BCUT2D eigenvalue weighted by Gasteiger charge is -2.18. The van der Waals surface area contributed by atoms with Crippen LogP contribution < -0.4 is 10.1 Å². The number of carbonyl (C=O) groups excluding carboxylic acids is 1. The van der Waals surface area contributed by atoms with E-state index >= 15 is 0 Å². The van der Waals surface area contributed by atoms with Crippen molar-refractivity contribution in [3.8, 4) is 5.75 Å². The van der Waals surface area contributed by atoms with Crippen LogP contribution in [0.1, 0.15) is 29.0 Å². The number of ether oxygens (including phenoxy) is 1. The van der Waals surface area contributed by atoms with E-state index in [2.05, 4.69) is 5.32 Å². The highest BCUT2D eigenvalue weighted by atomic mass is 19.1. The van der Waals surface area contributed by atoms with Gasteiger partial charge in [-0.3, -0.25) is 4.79 Å². The van der Waals surface area contributed by atoms with Crippen molar-refractivity contribution in [3.63, 3.8) is 0 Å². The Labute approximate surface area is 189 Å². The summed E-state index contributed by atoms with van der Waals surface area (Å²) in [6.45, 7) is -0.00193. The largest absolute Gasteiger partial charge is 0.482 e. The summed E-state index contributed by atoms with van der Waals surface area (Å²) in [5.41, 5.74) is 4.14. The summed E-state index contributed by atoms with van der Waals surface area (Å²) in [4.78, 5) is 23.8. The first-order valence-corrected chi connectivity index (χ1v) is 10.6. The number of hydrogen-bond donors (Lipinski definition) is 2. The fourth-order valence-electron chi connectivity index (χ4n) is 4.53. The van der Waals surface area contributed by atoms with Gasteiger partial charge < -0.3 is 19.7 Å². The first-order valence-electron chi connectivity index (χ1n) is 10.6. The summed E-state index contributed by atoms with van der Waals surface area (Å²) in [5.74, 6) is -1.40. The van der Waals surface area contributed by atoms with Gasteiger partial charge in [0, 0.05) is 36.0 Å². The third-order valence-corrected chi connectivity index (χ3v) is 5.86. The lowest BCUT2D eigenvalue weighted by molar-refractivity contribution is -0.139. The van der Waals surface area contributed by atoms with E-state index in [0.29, 0.717) is 12.3 Å².